The number of rotatable bonds is 7. The van der Waals surface area contributed by atoms with E-state index in [1.54, 1.807) is 6.20 Å². The van der Waals surface area contributed by atoms with Crippen LogP contribution in [-0.4, -0.2) is 42.0 Å². The first-order chi connectivity index (χ1) is 12.7. The Bertz CT molecular complexity index is 687. The van der Waals surface area contributed by atoms with Gasteiger partial charge < -0.3 is 15.5 Å². The summed E-state index contributed by atoms with van der Waals surface area (Å²) in [6, 6.07) is 14.4. The highest BCUT2D eigenvalue weighted by atomic mass is 16.1. The molecule has 26 heavy (non-hydrogen) atoms. The fraction of sp³-hybridized carbons (Fsp3) is 0.429. The third-order valence-corrected chi connectivity index (χ3v) is 5.03. The van der Waals surface area contributed by atoms with Gasteiger partial charge in [0.1, 0.15) is 5.82 Å². The highest BCUT2D eigenvalue weighted by Gasteiger charge is 2.18. The summed E-state index contributed by atoms with van der Waals surface area (Å²) in [4.78, 5) is 19.0. The second-order valence-electron chi connectivity index (χ2n) is 6.95. The van der Waals surface area contributed by atoms with Crippen molar-refractivity contribution in [2.75, 3.05) is 25.5 Å². The van der Waals surface area contributed by atoms with Crippen LogP contribution < -0.4 is 10.6 Å². The number of hydrogen-bond donors (Lipinski definition) is 2. The Labute approximate surface area is 155 Å². The van der Waals surface area contributed by atoms with E-state index in [0.29, 0.717) is 24.7 Å². The van der Waals surface area contributed by atoms with E-state index in [-0.39, 0.29) is 5.91 Å². The van der Waals surface area contributed by atoms with Gasteiger partial charge in [-0.15, -0.1) is 0 Å². The molecule has 0 saturated carbocycles. The van der Waals surface area contributed by atoms with Crippen molar-refractivity contribution in [1.82, 2.24) is 15.2 Å². The Balaban J connectivity index is 1.43. The molecular formula is C21H28N4O. The minimum atomic E-state index is -0.0504. The van der Waals surface area contributed by atoms with E-state index in [1.807, 2.05) is 30.3 Å². The minimum Gasteiger partial charge on any atom is -0.366 e. The zero-order chi connectivity index (χ0) is 18.2. The molecule has 1 aromatic heterocycles. The van der Waals surface area contributed by atoms with Crippen molar-refractivity contribution in [1.29, 1.82) is 0 Å². The Morgan fingerprint density at radius 1 is 1.19 bits per heavy atom. The Hall–Kier alpha value is -2.40. The molecule has 1 aliphatic heterocycles. The molecule has 3 rings (SSSR count). The average molecular weight is 352 g/mol. The van der Waals surface area contributed by atoms with Crippen LogP contribution in [0.4, 0.5) is 5.82 Å². The number of piperidine rings is 1. The monoisotopic (exact) mass is 352 g/mol. The minimum absolute atomic E-state index is 0.0504. The Morgan fingerprint density at radius 3 is 2.77 bits per heavy atom. The number of hydrogen-bond acceptors (Lipinski definition) is 4. The summed E-state index contributed by atoms with van der Waals surface area (Å²) in [6.07, 6.45) is 6.46. The highest BCUT2D eigenvalue weighted by molar-refractivity contribution is 5.94. The van der Waals surface area contributed by atoms with E-state index in [0.717, 1.165) is 12.2 Å². The van der Waals surface area contributed by atoms with Gasteiger partial charge in [0.05, 0.1) is 5.56 Å². The van der Waals surface area contributed by atoms with Gasteiger partial charge in [-0.25, -0.2) is 4.98 Å². The SMILES string of the molecule is CN1CCCCC1CCNC(=O)c1ccc(NCc2ccccc2)nc1. The van der Waals surface area contributed by atoms with Gasteiger partial charge in [0, 0.05) is 25.3 Å². The van der Waals surface area contributed by atoms with Gasteiger partial charge in [-0.2, -0.15) is 0 Å². The van der Waals surface area contributed by atoms with E-state index >= 15 is 0 Å². The maximum Gasteiger partial charge on any atom is 0.252 e. The second-order valence-corrected chi connectivity index (χ2v) is 6.95. The molecule has 1 unspecified atom stereocenters. The number of carbonyl (C=O) groups is 1. The number of likely N-dealkylation sites (tertiary alicyclic amines) is 1. The van der Waals surface area contributed by atoms with Crippen molar-refractivity contribution < 1.29 is 4.79 Å². The molecule has 0 bridgehead atoms. The lowest BCUT2D eigenvalue weighted by Crippen LogP contribution is -2.39. The van der Waals surface area contributed by atoms with Gasteiger partial charge in [0.2, 0.25) is 0 Å². The fourth-order valence-electron chi connectivity index (χ4n) is 3.38. The van der Waals surface area contributed by atoms with E-state index in [1.165, 1.54) is 31.4 Å². The number of nitrogens with one attached hydrogen (secondary N) is 2. The van der Waals surface area contributed by atoms with Gasteiger partial charge in [0.15, 0.2) is 0 Å². The van der Waals surface area contributed by atoms with Crippen molar-refractivity contribution in [2.45, 2.75) is 38.3 Å². The van der Waals surface area contributed by atoms with E-state index in [9.17, 15) is 4.79 Å². The molecule has 2 heterocycles. The van der Waals surface area contributed by atoms with Crippen LogP contribution >= 0.6 is 0 Å². The molecule has 5 nitrogen and oxygen atoms in total. The van der Waals surface area contributed by atoms with Crippen LogP contribution in [0.2, 0.25) is 0 Å². The molecule has 1 atom stereocenters. The van der Waals surface area contributed by atoms with Crippen LogP contribution in [0.15, 0.2) is 48.7 Å². The molecule has 1 fully saturated rings. The zero-order valence-electron chi connectivity index (χ0n) is 15.4. The average Bonchev–Trinajstić information content (AvgIpc) is 2.69. The Morgan fingerprint density at radius 2 is 2.04 bits per heavy atom. The van der Waals surface area contributed by atoms with Gasteiger partial charge in [-0.1, -0.05) is 36.8 Å². The smallest absolute Gasteiger partial charge is 0.252 e. The van der Waals surface area contributed by atoms with Crippen molar-refractivity contribution in [3.05, 3.63) is 59.8 Å². The molecule has 1 aliphatic rings. The second kappa shape index (κ2) is 9.34. The molecule has 1 aromatic carbocycles. The van der Waals surface area contributed by atoms with Crippen molar-refractivity contribution in [3.8, 4) is 0 Å². The maximum atomic E-state index is 12.3. The number of anilines is 1. The standard InChI is InChI=1S/C21H28N4O/c1-25-14-6-5-9-19(25)12-13-22-21(26)18-10-11-20(24-16-18)23-15-17-7-3-2-4-8-17/h2-4,7-8,10-11,16,19H,5-6,9,12-15H2,1H3,(H,22,26)(H,23,24). The molecule has 2 N–H and O–H groups in total. The maximum absolute atomic E-state index is 12.3. The summed E-state index contributed by atoms with van der Waals surface area (Å²) in [7, 11) is 2.18. The van der Waals surface area contributed by atoms with Crippen LogP contribution in [0.1, 0.15) is 41.6 Å². The van der Waals surface area contributed by atoms with Crippen LogP contribution in [-0.2, 0) is 6.54 Å². The van der Waals surface area contributed by atoms with E-state index in [4.69, 9.17) is 0 Å². The summed E-state index contributed by atoms with van der Waals surface area (Å²) in [5, 5.41) is 6.29. The molecule has 0 aliphatic carbocycles. The van der Waals surface area contributed by atoms with Crippen LogP contribution in [0.5, 0.6) is 0 Å². The molecule has 5 heteroatoms. The molecular weight excluding hydrogens is 324 g/mol. The number of nitrogens with zero attached hydrogens (tertiary/aromatic N) is 2. The highest BCUT2D eigenvalue weighted by Crippen LogP contribution is 2.17. The van der Waals surface area contributed by atoms with E-state index < -0.39 is 0 Å². The summed E-state index contributed by atoms with van der Waals surface area (Å²) in [6.45, 7) is 2.59. The molecule has 1 amide bonds. The topological polar surface area (TPSA) is 57.3 Å². The third kappa shape index (κ3) is 5.30. The lowest BCUT2D eigenvalue weighted by atomic mass is 10.0. The number of pyridine rings is 1. The van der Waals surface area contributed by atoms with Crippen LogP contribution in [0.25, 0.3) is 0 Å². The molecule has 2 aromatic rings. The van der Waals surface area contributed by atoms with Gasteiger partial charge >= 0.3 is 0 Å². The number of carbonyl (C=O) groups excluding carboxylic acids is 1. The first kappa shape index (κ1) is 18.4. The lowest BCUT2D eigenvalue weighted by Gasteiger charge is -2.32. The van der Waals surface area contributed by atoms with Gasteiger partial charge in [-0.3, -0.25) is 4.79 Å². The normalized spacial score (nSPS) is 17.7. The fourth-order valence-corrected chi connectivity index (χ4v) is 3.38. The quantitative estimate of drug-likeness (QED) is 0.803. The number of amides is 1. The molecule has 1 saturated heterocycles. The van der Waals surface area contributed by atoms with E-state index in [2.05, 4.69) is 39.7 Å². The van der Waals surface area contributed by atoms with Crippen molar-refractivity contribution in [2.24, 2.45) is 0 Å². The van der Waals surface area contributed by atoms with Crippen molar-refractivity contribution >= 4 is 11.7 Å². The zero-order valence-corrected chi connectivity index (χ0v) is 15.4. The Kier molecular flexibility index (Phi) is 6.61. The van der Waals surface area contributed by atoms with Gasteiger partial charge in [-0.05, 0) is 50.6 Å². The predicted molar refractivity (Wildman–Crippen MR) is 105 cm³/mol. The molecule has 0 spiro atoms. The first-order valence-corrected chi connectivity index (χ1v) is 9.44. The summed E-state index contributed by atoms with van der Waals surface area (Å²) in [5.41, 5.74) is 1.80. The van der Waals surface area contributed by atoms with Crippen molar-refractivity contribution in [3.63, 3.8) is 0 Å². The summed E-state index contributed by atoms with van der Waals surface area (Å²) >= 11 is 0. The molecule has 138 valence electrons. The lowest BCUT2D eigenvalue weighted by molar-refractivity contribution is 0.0945. The number of aromatic nitrogens is 1. The molecule has 0 radical (unpaired) electrons. The third-order valence-electron chi connectivity index (χ3n) is 5.03. The first-order valence-electron chi connectivity index (χ1n) is 9.44. The predicted octanol–water partition coefficient (Wildman–Crippen LogP) is 3.30. The van der Waals surface area contributed by atoms with Gasteiger partial charge in [0.25, 0.3) is 5.91 Å². The number of benzene rings is 1. The van der Waals surface area contributed by atoms with Crippen LogP contribution in [0, 0.1) is 0 Å². The largest absolute Gasteiger partial charge is 0.366 e. The van der Waals surface area contributed by atoms with Crippen LogP contribution in [0.3, 0.4) is 0 Å². The summed E-state index contributed by atoms with van der Waals surface area (Å²) < 4.78 is 0. The summed E-state index contributed by atoms with van der Waals surface area (Å²) in [5.74, 6) is 0.722.